The summed E-state index contributed by atoms with van der Waals surface area (Å²) >= 11 is 0. The van der Waals surface area contributed by atoms with Crippen molar-refractivity contribution in [1.82, 2.24) is 25.5 Å². The first-order valence-electron chi connectivity index (χ1n) is 15.8. The summed E-state index contributed by atoms with van der Waals surface area (Å²) < 4.78 is 42.5. The van der Waals surface area contributed by atoms with Crippen molar-refractivity contribution in [3.05, 3.63) is 94.9 Å². The van der Waals surface area contributed by atoms with Gasteiger partial charge in [0.1, 0.15) is 24.0 Å². The molecule has 48 heavy (non-hydrogen) atoms. The lowest BCUT2D eigenvalue weighted by atomic mass is 9.75. The number of rotatable bonds is 4. The molecule has 2 aromatic heterocycles. The van der Waals surface area contributed by atoms with Crippen LogP contribution in [0.4, 0.5) is 13.6 Å². The maximum atomic E-state index is 15.5. The molecule has 6 rings (SSSR count). The molecule has 0 radical (unpaired) electrons. The minimum atomic E-state index is -0.879. The molecule has 250 valence electrons. The fourth-order valence-electron chi connectivity index (χ4n) is 6.19. The Balaban J connectivity index is 1.44. The summed E-state index contributed by atoms with van der Waals surface area (Å²) in [4.78, 5) is 31.9. The first-order valence-corrected chi connectivity index (χ1v) is 15.8. The normalized spacial score (nSPS) is 18.4. The van der Waals surface area contributed by atoms with Crippen molar-refractivity contribution in [1.29, 1.82) is 0 Å². The number of fused-ring (bicyclic) bond motifs is 8. The van der Waals surface area contributed by atoms with E-state index in [1.54, 1.807) is 12.3 Å². The van der Waals surface area contributed by atoms with Crippen molar-refractivity contribution in [3.63, 3.8) is 0 Å². The summed E-state index contributed by atoms with van der Waals surface area (Å²) in [5, 5.41) is 20.1. The highest BCUT2D eigenvalue weighted by molar-refractivity contribution is 5.86. The summed E-state index contributed by atoms with van der Waals surface area (Å²) in [5.41, 5.74) is 1.60. The Hall–Kier alpha value is -5.26. The highest BCUT2D eigenvalue weighted by Gasteiger charge is 2.34. The number of H-pyrrole nitrogens is 2. The maximum absolute atomic E-state index is 15.5. The number of nitrogens with zero attached hydrogens (tertiary/aromatic N) is 2. The Morgan fingerprint density at radius 1 is 1.04 bits per heavy atom. The Bertz CT molecular complexity index is 1990. The number of cyclic esters (lactones) is 1. The van der Waals surface area contributed by atoms with Gasteiger partial charge in [-0.1, -0.05) is 44.5 Å². The van der Waals surface area contributed by atoms with Crippen molar-refractivity contribution < 1.29 is 33.0 Å². The van der Waals surface area contributed by atoms with Crippen LogP contribution < -0.4 is 10.1 Å². The molecule has 4 N–H and O–H groups in total. The van der Waals surface area contributed by atoms with Crippen LogP contribution in [0.5, 0.6) is 11.5 Å². The molecule has 0 saturated heterocycles. The number of hydrogen-bond acceptors (Lipinski definition) is 6. The molecular weight excluding hydrogens is 620 g/mol. The van der Waals surface area contributed by atoms with Gasteiger partial charge in [0.2, 0.25) is 0 Å². The number of aliphatic carboxylic acids is 1. The van der Waals surface area contributed by atoms with E-state index in [-0.39, 0.29) is 41.3 Å². The molecule has 1 amide bonds. The van der Waals surface area contributed by atoms with E-state index in [1.165, 1.54) is 24.3 Å². The van der Waals surface area contributed by atoms with Gasteiger partial charge in [-0.3, -0.25) is 9.89 Å². The number of alkyl carbamates (subject to hydrolysis) is 1. The summed E-state index contributed by atoms with van der Waals surface area (Å²) in [7, 11) is 0. The largest absolute Gasteiger partial charge is 0.481 e. The molecule has 3 aromatic carbocycles. The van der Waals surface area contributed by atoms with Gasteiger partial charge in [-0.05, 0) is 67.0 Å². The molecule has 0 aliphatic carbocycles. The van der Waals surface area contributed by atoms with Gasteiger partial charge in [0.05, 0.1) is 11.0 Å². The van der Waals surface area contributed by atoms with Crippen LogP contribution >= 0.6 is 0 Å². The molecule has 1 aliphatic heterocycles. The molecule has 10 nitrogen and oxygen atoms in total. The van der Waals surface area contributed by atoms with Crippen LogP contribution in [0.2, 0.25) is 0 Å². The standard InChI is InChI=1S/C36H37F2N5O5/c1-35(2)13-5-14-36(3,22-7-4-6-21(16-22)8-11-30(44)45)33-41-32(42-43-33)25-17-23(9-10-27(25)37)48-31-26(19-47-34(46)40-20-35)24-12-15-39-29(24)18-28(31)38/h4,6-7,9-10,12,15-18,39H,5,8,11,13-14,19-20H2,1-3H3,(H,40,46)(H,44,45)(H,41,42,43). The van der Waals surface area contributed by atoms with E-state index < -0.39 is 29.1 Å². The van der Waals surface area contributed by atoms with Crippen LogP contribution in [0.15, 0.2) is 60.8 Å². The van der Waals surface area contributed by atoms with Crippen molar-refractivity contribution in [2.75, 3.05) is 6.54 Å². The van der Waals surface area contributed by atoms with Gasteiger partial charge in [0.25, 0.3) is 0 Å². The number of benzene rings is 3. The lowest BCUT2D eigenvalue weighted by molar-refractivity contribution is -0.136. The Kier molecular flexibility index (Phi) is 8.91. The molecular formula is C36H37F2N5O5. The van der Waals surface area contributed by atoms with E-state index in [1.807, 2.05) is 45.0 Å². The minimum Gasteiger partial charge on any atom is -0.481 e. The fourth-order valence-corrected chi connectivity index (χ4v) is 6.19. The van der Waals surface area contributed by atoms with Gasteiger partial charge in [-0.15, -0.1) is 0 Å². The third-order valence-electron chi connectivity index (χ3n) is 9.05. The number of ether oxygens (including phenoxy) is 2. The van der Waals surface area contributed by atoms with Crippen LogP contribution in [0.1, 0.15) is 69.0 Å². The van der Waals surface area contributed by atoms with Crippen molar-refractivity contribution in [2.24, 2.45) is 5.41 Å². The number of aromatic amines is 2. The molecule has 1 unspecified atom stereocenters. The Labute approximate surface area is 275 Å². The minimum absolute atomic E-state index is 0.00161. The monoisotopic (exact) mass is 657 g/mol. The van der Waals surface area contributed by atoms with E-state index in [0.29, 0.717) is 41.7 Å². The summed E-state index contributed by atoms with van der Waals surface area (Å²) in [6, 6.07) is 14.7. The number of aryl methyl sites for hydroxylation is 1. The summed E-state index contributed by atoms with van der Waals surface area (Å²) in [5.74, 6) is -1.59. The molecule has 1 aliphatic rings. The van der Waals surface area contributed by atoms with Crippen LogP contribution in [0, 0.1) is 17.0 Å². The molecule has 12 heteroatoms. The summed E-state index contributed by atoms with van der Waals surface area (Å²) in [6.07, 6.45) is 3.44. The summed E-state index contributed by atoms with van der Waals surface area (Å²) in [6.45, 7) is 6.18. The van der Waals surface area contributed by atoms with Crippen LogP contribution in [-0.2, 0) is 28.0 Å². The molecule has 0 saturated carbocycles. The Morgan fingerprint density at radius 2 is 1.88 bits per heavy atom. The quantitative estimate of drug-likeness (QED) is 0.155. The highest BCUT2D eigenvalue weighted by atomic mass is 19.1. The average molecular weight is 658 g/mol. The number of hydrogen-bond donors (Lipinski definition) is 4. The molecule has 1 atom stereocenters. The molecule has 0 spiro atoms. The van der Waals surface area contributed by atoms with Gasteiger partial charge in [-0.25, -0.2) is 18.6 Å². The second kappa shape index (κ2) is 13.1. The topological polar surface area (TPSA) is 142 Å². The zero-order chi connectivity index (χ0) is 34.1. The van der Waals surface area contributed by atoms with E-state index in [9.17, 15) is 14.7 Å². The van der Waals surface area contributed by atoms with E-state index in [4.69, 9.17) is 14.5 Å². The van der Waals surface area contributed by atoms with Gasteiger partial charge in [0.15, 0.2) is 17.4 Å². The van der Waals surface area contributed by atoms with E-state index in [0.717, 1.165) is 24.0 Å². The molecule has 0 fully saturated rings. The second-order valence-electron chi connectivity index (χ2n) is 13.2. The predicted octanol–water partition coefficient (Wildman–Crippen LogP) is 7.78. The maximum Gasteiger partial charge on any atom is 0.407 e. The smallest absolute Gasteiger partial charge is 0.407 e. The fraction of sp³-hybridized carbons (Fsp3) is 0.333. The zero-order valence-corrected chi connectivity index (χ0v) is 27.0. The SMILES string of the molecule is CC1(C)CCCC(C)(c2cccc(CCC(=O)O)c2)c2nc(n[nH]2)-c2cc(ccc2F)Oc2c(F)cc3[nH]ccc3c2COC(=O)NC1. The highest BCUT2D eigenvalue weighted by Crippen LogP contribution is 2.40. The number of amides is 1. The van der Waals surface area contributed by atoms with Crippen molar-refractivity contribution in [2.45, 2.75) is 64.9 Å². The molecule has 5 aromatic rings. The number of carboxylic acids is 1. The van der Waals surface area contributed by atoms with Crippen LogP contribution in [0.25, 0.3) is 22.3 Å². The lowest BCUT2D eigenvalue weighted by Crippen LogP contribution is -2.35. The number of nitrogens with one attached hydrogen (secondary N) is 3. The van der Waals surface area contributed by atoms with Gasteiger partial charge in [0, 0.05) is 41.7 Å². The van der Waals surface area contributed by atoms with Gasteiger partial charge < -0.3 is 24.9 Å². The number of carbonyl (C=O) groups excluding carboxylic acids is 1. The first kappa shape index (κ1) is 32.7. The number of carbonyl (C=O) groups is 2. The van der Waals surface area contributed by atoms with Crippen LogP contribution in [0.3, 0.4) is 0 Å². The van der Waals surface area contributed by atoms with E-state index in [2.05, 4.69) is 20.5 Å². The van der Waals surface area contributed by atoms with E-state index >= 15 is 8.78 Å². The molecule has 3 heterocycles. The average Bonchev–Trinajstić information content (AvgIpc) is 3.74. The lowest BCUT2D eigenvalue weighted by Gasteiger charge is -2.31. The van der Waals surface area contributed by atoms with Crippen molar-refractivity contribution >= 4 is 23.0 Å². The number of carboxylic acid groups (broad SMARTS) is 1. The van der Waals surface area contributed by atoms with Crippen LogP contribution in [-0.4, -0.2) is 43.9 Å². The number of halogens is 2. The third kappa shape index (κ3) is 6.87. The zero-order valence-electron chi connectivity index (χ0n) is 27.0. The van der Waals surface area contributed by atoms with Crippen molar-refractivity contribution in [3.8, 4) is 22.9 Å². The third-order valence-corrected chi connectivity index (χ3v) is 9.05. The first-order chi connectivity index (χ1) is 22.9. The second-order valence-corrected chi connectivity index (χ2v) is 13.2. The van der Waals surface area contributed by atoms with Gasteiger partial charge >= 0.3 is 12.1 Å². The van der Waals surface area contributed by atoms with Gasteiger partial charge in [-0.2, -0.15) is 5.10 Å². The predicted molar refractivity (Wildman–Crippen MR) is 175 cm³/mol. The molecule has 4 bridgehead atoms. The number of aromatic nitrogens is 4. The Morgan fingerprint density at radius 3 is 2.69 bits per heavy atom.